The largest absolute Gasteiger partial charge is 0.481 e. The highest BCUT2D eigenvalue weighted by Gasteiger charge is 2.60. The SMILES string of the molecule is CCC/C=C\[C@H]1[C@H](C(=O)O)C1(C)C. The van der Waals surface area contributed by atoms with Crippen molar-refractivity contribution in [2.24, 2.45) is 17.3 Å². The van der Waals surface area contributed by atoms with Crippen LogP contribution in [0.5, 0.6) is 0 Å². The van der Waals surface area contributed by atoms with E-state index < -0.39 is 5.97 Å². The summed E-state index contributed by atoms with van der Waals surface area (Å²) in [4.78, 5) is 10.8. The summed E-state index contributed by atoms with van der Waals surface area (Å²) in [6.45, 7) is 6.16. The fourth-order valence-electron chi connectivity index (χ4n) is 1.92. The molecule has 0 radical (unpaired) electrons. The number of hydrogen-bond acceptors (Lipinski definition) is 1. The zero-order valence-corrected chi connectivity index (χ0v) is 8.58. The monoisotopic (exact) mass is 182 g/mol. The number of rotatable bonds is 4. The number of unbranched alkanes of at least 4 members (excludes halogenated alkanes) is 1. The number of hydrogen-bond donors (Lipinski definition) is 1. The maximum atomic E-state index is 10.8. The third-order valence-electron chi connectivity index (χ3n) is 2.98. The molecule has 0 aromatic heterocycles. The lowest BCUT2D eigenvalue weighted by molar-refractivity contribution is -0.139. The van der Waals surface area contributed by atoms with E-state index in [-0.39, 0.29) is 17.3 Å². The summed E-state index contributed by atoms with van der Waals surface area (Å²) < 4.78 is 0. The molecule has 0 aromatic carbocycles. The molecule has 1 fully saturated rings. The number of allylic oxidation sites excluding steroid dienone is 2. The van der Waals surface area contributed by atoms with Crippen LogP contribution in [0.4, 0.5) is 0 Å². The van der Waals surface area contributed by atoms with Crippen LogP contribution in [0, 0.1) is 17.3 Å². The lowest BCUT2D eigenvalue weighted by Crippen LogP contribution is -2.02. The van der Waals surface area contributed by atoms with Crippen molar-refractivity contribution in [1.82, 2.24) is 0 Å². The Morgan fingerprint density at radius 2 is 2.15 bits per heavy atom. The first kappa shape index (κ1) is 10.3. The van der Waals surface area contributed by atoms with Gasteiger partial charge in [0.2, 0.25) is 0 Å². The van der Waals surface area contributed by atoms with E-state index in [1.807, 2.05) is 13.8 Å². The van der Waals surface area contributed by atoms with Gasteiger partial charge in [0.15, 0.2) is 0 Å². The Balaban J connectivity index is 2.50. The molecule has 0 spiro atoms. The van der Waals surface area contributed by atoms with Crippen LogP contribution in [0.1, 0.15) is 33.6 Å². The van der Waals surface area contributed by atoms with Crippen molar-refractivity contribution >= 4 is 5.97 Å². The molecule has 1 saturated carbocycles. The van der Waals surface area contributed by atoms with Gasteiger partial charge in [-0.25, -0.2) is 0 Å². The molecule has 2 atom stereocenters. The van der Waals surface area contributed by atoms with Gasteiger partial charge < -0.3 is 5.11 Å². The smallest absolute Gasteiger partial charge is 0.307 e. The molecule has 2 nitrogen and oxygen atoms in total. The van der Waals surface area contributed by atoms with Crippen LogP contribution >= 0.6 is 0 Å². The van der Waals surface area contributed by atoms with Crippen LogP contribution in [-0.4, -0.2) is 11.1 Å². The average Bonchev–Trinajstić information content (AvgIpc) is 2.54. The van der Waals surface area contributed by atoms with E-state index in [4.69, 9.17) is 5.11 Å². The number of carboxylic acid groups (broad SMARTS) is 1. The molecular weight excluding hydrogens is 164 g/mol. The van der Waals surface area contributed by atoms with E-state index in [1.54, 1.807) is 0 Å². The Bertz CT molecular complexity index is 228. The molecule has 1 aliphatic rings. The first-order valence-corrected chi connectivity index (χ1v) is 4.91. The summed E-state index contributed by atoms with van der Waals surface area (Å²) in [5.74, 6) is -0.576. The Labute approximate surface area is 79.6 Å². The van der Waals surface area contributed by atoms with Gasteiger partial charge in [-0.1, -0.05) is 39.3 Å². The highest BCUT2D eigenvalue weighted by atomic mass is 16.4. The summed E-state index contributed by atoms with van der Waals surface area (Å²) in [6.07, 6.45) is 6.36. The first-order chi connectivity index (χ1) is 6.01. The summed E-state index contributed by atoms with van der Waals surface area (Å²) >= 11 is 0. The molecule has 13 heavy (non-hydrogen) atoms. The van der Waals surface area contributed by atoms with E-state index in [1.165, 1.54) is 0 Å². The fourth-order valence-corrected chi connectivity index (χ4v) is 1.92. The van der Waals surface area contributed by atoms with Gasteiger partial charge in [0.05, 0.1) is 5.92 Å². The Morgan fingerprint density at radius 3 is 2.54 bits per heavy atom. The van der Waals surface area contributed by atoms with Crippen molar-refractivity contribution in [2.75, 3.05) is 0 Å². The van der Waals surface area contributed by atoms with Crippen LogP contribution in [0.3, 0.4) is 0 Å². The van der Waals surface area contributed by atoms with E-state index in [9.17, 15) is 4.79 Å². The summed E-state index contributed by atoms with van der Waals surface area (Å²) in [5.41, 5.74) is -0.0317. The highest BCUT2D eigenvalue weighted by Crippen LogP contribution is 2.59. The molecule has 74 valence electrons. The minimum absolute atomic E-state index is 0.0317. The van der Waals surface area contributed by atoms with Gasteiger partial charge in [0.1, 0.15) is 0 Å². The van der Waals surface area contributed by atoms with Crippen LogP contribution in [0.2, 0.25) is 0 Å². The van der Waals surface area contributed by atoms with E-state index in [0.29, 0.717) is 0 Å². The predicted octanol–water partition coefficient (Wildman–Crippen LogP) is 2.70. The molecule has 1 aliphatic carbocycles. The molecule has 0 aromatic rings. The van der Waals surface area contributed by atoms with Crippen molar-refractivity contribution in [2.45, 2.75) is 33.6 Å². The van der Waals surface area contributed by atoms with Crippen LogP contribution in [0.15, 0.2) is 12.2 Å². The Morgan fingerprint density at radius 1 is 1.54 bits per heavy atom. The fraction of sp³-hybridized carbons (Fsp3) is 0.727. The van der Waals surface area contributed by atoms with Crippen molar-refractivity contribution in [1.29, 1.82) is 0 Å². The predicted molar refractivity (Wildman–Crippen MR) is 52.4 cm³/mol. The lowest BCUT2D eigenvalue weighted by atomic mass is 10.1. The third-order valence-corrected chi connectivity index (χ3v) is 2.98. The first-order valence-electron chi connectivity index (χ1n) is 4.91. The minimum Gasteiger partial charge on any atom is -0.481 e. The number of carboxylic acids is 1. The van der Waals surface area contributed by atoms with E-state index in [2.05, 4.69) is 19.1 Å². The van der Waals surface area contributed by atoms with Gasteiger partial charge in [-0.3, -0.25) is 4.79 Å². The van der Waals surface area contributed by atoms with Crippen molar-refractivity contribution in [3.63, 3.8) is 0 Å². The molecule has 2 heteroatoms. The molecule has 0 unspecified atom stereocenters. The summed E-state index contributed by atoms with van der Waals surface area (Å²) in [7, 11) is 0. The second-order valence-electron chi connectivity index (χ2n) is 4.38. The van der Waals surface area contributed by atoms with Gasteiger partial charge >= 0.3 is 5.97 Å². The molecule has 0 aliphatic heterocycles. The van der Waals surface area contributed by atoms with E-state index >= 15 is 0 Å². The zero-order valence-electron chi connectivity index (χ0n) is 8.58. The molecule has 0 bridgehead atoms. The summed E-state index contributed by atoms with van der Waals surface area (Å²) in [6, 6.07) is 0. The van der Waals surface area contributed by atoms with Crippen LogP contribution in [-0.2, 0) is 4.79 Å². The van der Waals surface area contributed by atoms with Gasteiger partial charge in [-0.05, 0) is 17.8 Å². The molecule has 1 N–H and O–H groups in total. The highest BCUT2D eigenvalue weighted by molar-refractivity contribution is 5.76. The number of carbonyl (C=O) groups is 1. The second kappa shape index (κ2) is 3.52. The second-order valence-corrected chi connectivity index (χ2v) is 4.38. The van der Waals surface area contributed by atoms with Crippen LogP contribution < -0.4 is 0 Å². The minimum atomic E-state index is -0.656. The normalized spacial score (nSPS) is 30.7. The maximum Gasteiger partial charge on any atom is 0.307 e. The average molecular weight is 182 g/mol. The lowest BCUT2D eigenvalue weighted by Gasteiger charge is -1.96. The van der Waals surface area contributed by atoms with Crippen LogP contribution in [0.25, 0.3) is 0 Å². The topological polar surface area (TPSA) is 37.3 Å². The quantitative estimate of drug-likeness (QED) is 0.679. The molecule has 0 heterocycles. The van der Waals surface area contributed by atoms with Crippen molar-refractivity contribution in [3.05, 3.63) is 12.2 Å². The molecule has 0 saturated heterocycles. The molecule has 1 rings (SSSR count). The van der Waals surface area contributed by atoms with Crippen molar-refractivity contribution in [3.8, 4) is 0 Å². The number of aliphatic carboxylic acids is 1. The van der Waals surface area contributed by atoms with Crippen molar-refractivity contribution < 1.29 is 9.90 Å². The standard InChI is InChI=1S/C11H18O2/c1-4-5-6-7-8-9(10(12)13)11(8,2)3/h6-9H,4-5H2,1-3H3,(H,12,13)/b7-6-/t8-,9+/m0/s1. The Hall–Kier alpha value is -0.790. The van der Waals surface area contributed by atoms with E-state index in [0.717, 1.165) is 12.8 Å². The molecular formula is C11H18O2. The third kappa shape index (κ3) is 1.93. The zero-order chi connectivity index (χ0) is 10.1. The van der Waals surface area contributed by atoms with Gasteiger partial charge in [0.25, 0.3) is 0 Å². The maximum absolute atomic E-state index is 10.8. The Kier molecular flexibility index (Phi) is 2.79. The van der Waals surface area contributed by atoms with Gasteiger partial charge in [-0.2, -0.15) is 0 Å². The van der Waals surface area contributed by atoms with Gasteiger partial charge in [-0.15, -0.1) is 0 Å². The van der Waals surface area contributed by atoms with Gasteiger partial charge in [0, 0.05) is 0 Å². The summed E-state index contributed by atoms with van der Waals surface area (Å²) in [5, 5.41) is 8.88. The molecule has 0 amide bonds.